The van der Waals surface area contributed by atoms with Gasteiger partial charge in [-0.15, -0.1) is 0 Å². The molecule has 1 fully saturated rings. The van der Waals surface area contributed by atoms with E-state index in [9.17, 15) is 10.2 Å². The van der Waals surface area contributed by atoms with Gasteiger partial charge in [0.1, 0.15) is 82.6 Å². The van der Waals surface area contributed by atoms with Gasteiger partial charge in [-0.2, -0.15) is 0 Å². The van der Waals surface area contributed by atoms with Gasteiger partial charge in [0.2, 0.25) is 0 Å². The fourth-order valence-electron chi connectivity index (χ4n) is 9.27. The molecule has 7 aliphatic heterocycles. The van der Waals surface area contributed by atoms with Gasteiger partial charge in [-0.25, -0.2) is 0 Å². The quantitative estimate of drug-likeness (QED) is 0.196. The van der Waals surface area contributed by atoms with Crippen LogP contribution in [0.25, 0.3) is 22.7 Å². The van der Waals surface area contributed by atoms with E-state index < -0.39 is 11.7 Å². The maximum atomic E-state index is 10.6. The van der Waals surface area contributed by atoms with Gasteiger partial charge >= 0.3 is 0 Å². The van der Waals surface area contributed by atoms with Crippen molar-refractivity contribution in [1.29, 1.82) is 0 Å². The second-order valence-corrected chi connectivity index (χ2v) is 16.8. The largest absolute Gasteiger partial charge is 0.504 e. The molecule has 7 aliphatic rings. The molecule has 0 spiro atoms. The van der Waals surface area contributed by atoms with Crippen molar-refractivity contribution in [1.82, 2.24) is 0 Å². The summed E-state index contributed by atoms with van der Waals surface area (Å²) in [4.78, 5) is 0. The third-order valence-electron chi connectivity index (χ3n) is 12.5. The topological polar surface area (TPSA) is 155 Å². The van der Waals surface area contributed by atoms with Crippen LogP contribution in [0, 0.1) is 0 Å². The fourth-order valence-corrected chi connectivity index (χ4v) is 9.27. The Morgan fingerprint density at radius 2 is 1.13 bits per heavy atom. The van der Waals surface area contributed by atoms with Gasteiger partial charge in [0.15, 0.2) is 35.2 Å². The lowest BCUT2D eigenvalue weighted by molar-refractivity contribution is -0.0421. The Hall–Kier alpha value is -6.12. The van der Waals surface area contributed by atoms with Gasteiger partial charge in [0.25, 0.3) is 0 Å². The van der Waals surface area contributed by atoms with Crippen LogP contribution >= 0.6 is 0 Å². The van der Waals surface area contributed by atoms with Crippen molar-refractivity contribution in [2.75, 3.05) is 48.8 Å². The van der Waals surface area contributed by atoms with Crippen LogP contribution in [-0.2, 0) is 20.6 Å². The van der Waals surface area contributed by atoms with Gasteiger partial charge in [0.05, 0.1) is 58.3 Å². The van der Waals surface area contributed by atoms with Gasteiger partial charge in [-0.1, -0.05) is 0 Å². The molecule has 61 heavy (non-hydrogen) atoms. The molecule has 0 radical (unpaired) electrons. The number of aliphatic hydroxyl groups excluding tert-OH is 1. The number of hydrogen-bond donors (Lipinski definition) is 2. The Balaban J connectivity index is 0.000000146. The second-order valence-electron chi connectivity index (χ2n) is 16.8. The smallest absolute Gasteiger partial charge is 0.164 e. The molecule has 0 bridgehead atoms. The summed E-state index contributed by atoms with van der Waals surface area (Å²) in [5.74, 6) is 7.17. The number of hydrogen-bond acceptors (Lipinski definition) is 14. The van der Waals surface area contributed by atoms with Crippen molar-refractivity contribution in [2.45, 2.75) is 75.8 Å². The molecule has 320 valence electrons. The summed E-state index contributed by atoms with van der Waals surface area (Å²) in [5.41, 5.74) is 5.69. The maximum absolute atomic E-state index is 10.6. The molecule has 4 aromatic rings. The molecule has 0 aliphatic carbocycles. The van der Waals surface area contributed by atoms with Gasteiger partial charge in [-0.05, 0) is 64.1 Å². The number of phenols is 1. The van der Waals surface area contributed by atoms with Crippen molar-refractivity contribution in [3.8, 4) is 57.5 Å². The molecule has 0 saturated carbocycles. The molecule has 2 N–H and O–H groups in total. The molecule has 5 atom stereocenters. The Morgan fingerprint density at radius 3 is 1.75 bits per heavy atom. The summed E-state index contributed by atoms with van der Waals surface area (Å²) in [6.45, 7) is 8.47. The lowest BCUT2D eigenvalue weighted by Gasteiger charge is -2.40. The number of methoxy groups -OCH3 is 5. The number of rotatable bonds is 5. The second kappa shape index (κ2) is 14.0. The van der Waals surface area contributed by atoms with Crippen molar-refractivity contribution >= 4 is 22.7 Å². The molecule has 14 nitrogen and oxygen atoms in total. The van der Waals surface area contributed by atoms with Crippen LogP contribution in [0.3, 0.4) is 0 Å². The van der Waals surface area contributed by atoms with Gasteiger partial charge in [0, 0.05) is 46.4 Å². The highest BCUT2D eigenvalue weighted by Gasteiger charge is 2.59. The van der Waals surface area contributed by atoms with E-state index in [1.54, 1.807) is 40.6 Å². The van der Waals surface area contributed by atoms with Crippen LogP contribution in [-0.4, -0.2) is 94.6 Å². The lowest BCUT2D eigenvalue weighted by atomic mass is 9.86. The monoisotopic (exact) mass is 836 g/mol. The van der Waals surface area contributed by atoms with Crippen LogP contribution in [0.5, 0.6) is 57.5 Å². The number of fused-ring (bicyclic) bond motifs is 14. The van der Waals surface area contributed by atoms with Crippen molar-refractivity contribution in [3.63, 3.8) is 0 Å². The summed E-state index contributed by atoms with van der Waals surface area (Å²) in [7, 11) is 7.99. The van der Waals surface area contributed by atoms with Crippen molar-refractivity contribution < 1.29 is 67.1 Å². The molecule has 0 aromatic heterocycles. The molecular formula is C47H48O14. The third-order valence-corrected chi connectivity index (χ3v) is 12.5. The third kappa shape index (κ3) is 5.97. The predicted octanol–water partition coefficient (Wildman–Crippen LogP) is 7.13. The summed E-state index contributed by atoms with van der Waals surface area (Å²) < 4.78 is 71.0. The van der Waals surface area contributed by atoms with Crippen LogP contribution in [0.15, 0.2) is 48.5 Å². The van der Waals surface area contributed by atoms with Gasteiger partial charge in [-0.3, -0.25) is 0 Å². The molecule has 1 saturated heterocycles. The zero-order valence-electron chi connectivity index (χ0n) is 35.4. The normalized spacial score (nSPS) is 24.5. The van der Waals surface area contributed by atoms with E-state index in [0.717, 1.165) is 56.0 Å². The van der Waals surface area contributed by atoms with Crippen molar-refractivity contribution in [3.05, 3.63) is 81.9 Å². The number of epoxide rings is 1. The molecule has 11 rings (SSSR count). The molecule has 14 heteroatoms. The minimum absolute atomic E-state index is 0.00390. The molecule has 7 heterocycles. The molecular weight excluding hydrogens is 789 g/mol. The number of aromatic hydroxyl groups is 1. The number of aliphatic hydroxyl groups is 1. The fraction of sp³-hybridized carbons (Fsp3) is 0.404. The van der Waals surface area contributed by atoms with Crippen LogP contribution in [0.1, 0.15) is 67.2 Å². The lowest BCUT2D eigenvalue weighted by Crippen LogP contribution is -2.46. The van der Waals surface area contributed by atoms with E-state index in [4.69, 9.17) is 56.8 Å². The molecule has 0 amide bonds. The van der Waals surface area contributed by atoms with Crippen LogP contribution in [0.4, 0.5) is 0 Å². The maximum Gasteiger partial charge on any atom is 0.164 e. The predicted molar refractivity (Wildman–Crippen MR) is 221 cm³/mol. The summed E-state index contributed by atoms with van der Waals surface area (Å²) in [5, 5.41) is 20.9. The number of phenolic OH excluding ortho intramolecular Hbond substituents is 1. The highest BCUT2D eigenvalue weighted by molar-refractivity contribution is 5.97. The number of benzene rings is 4. The Labute approximate surface area is 353 Å². The van der Waals surface area contributed by atoms with Crippen LogP contribution < -0.4 is 42.6 Å². The minimum Gasteiger partial charge on any atom is -0.504 e. The van der Waals surface area contributed by atoms with E-state index in [2.05, 4.69) is 0 Å². The van der Waals surface area contributed by atoms with Crippen LogP contribution in [0.2, 0.25) is 0 Å². The highest BCUT2D eigenvalue weighted by atomic mass is 16.6. The van der Waals surface area contributed by atoms with E-state index in [-0.39, 0.29) is 35.8 Å². The van der Waals surface area contributed by atoms with E-state index >= 15 is 0 Å². The average Bonchev–Trinajstić information content (AvgIpc) is 4.07. The SMILES string of the molecule is COC1=C2c3cc(O)c(OC)cc3OC[C@H]2Oc2c1ccc1c2C2OC2C(C)(C)O1.COC1=C2c3cc(OC)c(OC)cc3OC[C@H]2Oc2c1ccc1c2CC(O)C(C)(C)O1. The molecule has 4 aromatic carbocycles. The Kier molecular flexibility index (Phi) is 8.94. The average molecular weight is 837 g/mol. The molecule has 3 unspecified atom stereocenters. The summed E-state index contributed by atoms with van der Waals surface area (Å²) >= 11 is 0. The summed E-state index contributed by atoms with van der Waals surface area (Å²) in [6, 6.07) is 14.8. The first kappa shape index (κ1) is 39.0. The number of ether oxygens (including phenoxy) is 12. The first-order chi connectivity index (χ1) is 29.3. The first-order valence-corrected chi connectivity index (χ1v) is 20.2. The highest BCUT2D eigenvalue weighted by Crippen LogP contribution is 2.60. The standard InChI is InChI=1S/C24H26O7.C23H22O7/c1-24(2)20(25)9-14-15(31-24)7-6-12-22(14)30-19-11-29-16-10-18(27-4)17(26-3)8-13(16)21(19)23(12)28-5;1-23(2)22-21(29-22)18-13(30-23)6-5-10-19(26-4)17-11-7-12(24)15(25-3)8-14(11)27-9-16(17)28-20(10)18/h6-8,10,19-20,25H,9,11H2,1-5H3;5-8,16,21-22,24H,9H2,1-4H3/t19-,20?;16-,21?,22?/m11/s1. The van der Waals surface area contributed by atoms with E-state index in [0.29, 0.717) is 71.4 Å². The summed E-state index contributed by atoms with van der Waals surface area (Å²) in [6.07, 6.45) is -1.01. The van der Waals surface area contributed by atoms with Gasteiger partial charge < -0.3 is 67.1 Å². The van der Waals surface area contributed by atoms with E-state index in [1.165, 1.54) is 7.11 Å². The van der Waals surface area contributed by atoms with Crippen molar-refractivity contribution in [2.24, 2.45) is 0 Å². The Morgan fingerprint density at radius 1 is 0.590 bits per heavy atom. The minimum atomic E-state index is -0.663. The zero-order chi connectivity index (χ0) is 42.7. The van der Waals surface area contributed by atoms with E-state index in [1.807, 2.05) is 64.1 Å². The Bertz CT molecular complexity index is 2550. The zero-order valence-corrected chi connectivity index (χ0v) is 35.4. The first-order valence-electron chi connectivity index (χ1n) is 20.2.